The number of nitrogens with one attached hydrogen (secondary N) is 1. The van der Waals surface area contributed by atoms with Crippen LogP contribution >= 0.6 is 11.3 Å². The van der Waals surface area contributed by atoms with Crippen molar-refractivity contribution in [2.45, 2.75) is 13.3 Å². The Balaban J connectivity index is 1.60. The number of ether oxygens (including phenoxy) is 1. The van der Waals surface area contributed by atoms with Crippen molar-refractivity contribution in [3.05, 3.63) is 70.5 Å². The minimum atomic E-state index is -0.274. The molecule has 1 amide bonds. The van der Waals surface area contributed by atoms with Gasteiger partial charge in [-0.2, -0.15) is 0 Å². The number of rotatable bonds is 6. The smallest absolute Gasteiger partial charge is 0.251 e. The molecule has 0 spiro atoms. The zero-order valence-corrected chi connectivity index (χ0v) is 15.4. The van der Waals surface area contributed by atoms with Gasteiger partial charge in [-0.15, -0.1) is 11.3 Å². The highest BCUT2D eigenvalue weighted by atomic mass is 32.1. The number of benzene rings is 2. The molecule has 6 heteroatoms. The summed E-state index contributed by atoms with van der Waals surface area (Å²) in [5.74, 6) is 0.315. The average molecular weight is 370 g/mol. The van der Waals surface area contributed by atoms with Crippen LogP contribution in [0.2, 0.25) is 0 Å². The zero-order valence-electron chi connectivity index (χ0n) is 14.6. The fourth-order valence-electron chi connectivity index (χ4n) is 2.54. The summed E-state index contributed by atoms with van der Waals surface area (Å²) >= 11 is 1.53. The predicted molar refractivity (Wildman–Crippen MR) is 101 cm³/mol. The summed E-state index contributed by atoms with van der Waals surface area (Å²) in [6.45, 7) is 2.44. The van der Waals surface area contributed by atoms with Gasteiger partial charge >= 0.3 is 0 Å². The highest BCUT2D eigenvalue weighted by Gasteiger charge is 2.11. The molecule has 1 N–H and O–H groups in total. The number of thiazole rings is 1. The second-order valence-corrected chi connectivity index (χ2v) is 6.86. The molecular weight excluding hydrogens is 351 g/mol. The lowest BCUT2D eigenvalue weighted by molar-refractivity contribution is 0.0954. The van der Waals surface area contributed by atoms with E-state index in [4.69, 9.17) is 4.74 Å². The first kappa shape index (κ1) is 18.1. The van der Waals surface area contributed by atoms with Gasteiger partial charge in [-0.25, -0.2) is 9.37 Å². The van der Waals surface area contributed by atoms with Crippen molar-refractivity contribution in [3.8, 4) is 16.3 Å². The van der Waals surface area contributed by atoms with Crippen molar-refractivity contribution in [2.75, 3.05) is 13.7 Å². The van der Waals surface area contributed by atoms with E-state index in [9.17, 15) is 9.18 Å². The van der Waals surface area contributed by atoms with Crippen molar-refractivity contribution in [1.29, 1.82) is 0 Å². The molecule has 0 aliphatic heterocycles. The highest BCUT2D eigenvalue weighted by Crippen LogP contribution is 2.28. The maximum absolute atomic E-state index is 13.4. The maximum atomic E-state index is 13.4. The monoisotopic (exact) mass is 370 g/mol. The second-order valence-electron chi connectivity index (χ2n) is 5.77. The number of nitrogens with zero attached hydrogens (tertiary/aromatic N) is 1. The lowest BCUT2D eigenvalue weighted by atomic mass is 10.2. The number of halogens is 1. The largest absolute Gasteiger partial charge is 0.497 e. The molecule has 1 aromatic heterocycles. The Kier molecular flexibility index (Phi) is 5.63. The Bertz CT molecular complexity index is 906. The highest BCUT2D eigenvalue weighted by molar-refractivity contribution is 7.15. The van der Waals surface area contributed by atoms with E-state index in [0.717, 1.165) is 21.1 Å². The van der Waals surface area contributed by atoms with Gasteiger partial charge in [0.15, 0.2) is 0 Å². The Labute approximate surface area is 155 Å². The molecule has 0 atom stereocenters. The van der Waals surface area contributed by atoms with Crippen LogP contribution in [-0.4, -0.2) is 24.5 Å². The summed E-state index contributed by atoms with van der Waals surface area (Å²) < 4.78 is 18.5. The molecule has 3 aromatic rings. The minimum Gasteiger partial charge on any atom is -0.497 e. The molecule has 0 saturated carbocycles. The Morgan fingerprint density at radius 2 is 2.00 bits per heavy atom. The predicted octanol–water partition coefficient (Wildman–Crippen LogP) is 4.24. The van der Waals surface area contributed by atoms with Crippen molar-refractivity contribution >= 4 is 17.2 Å². The first-order chi connectivity index (χ1) is 12.6. The number of carbonyl (C=O) groups is 1. The van der Waals surface area contributed by atoms with E-state index in [0.29, 0.717) is 24.3 Å². The van der Waals surface area contributed by atoms with Gasteiger partial charge in [-0.05, 0) is 43.3 Å². The Morgan fingerprint density at radius 3 is 2.69 bits per heavy atom. The molecule has 0 saturated heterocycles. The van der Waals surface area contributed by atoms with Crippen LogP contribution in [0.5, 0.6) is 5.75 Å². The van der Waals surface area contributed by atoms with Crippen molar-refractivity contribution in [2.24, 2.45) is 0 Å². The summed E-state index contributed by atoms with van der Waals surface area (Å²) in [6.07, 6.45) is 0.681. The maximum Gasteiger partial charge on any atom is 0.251 e. The fraction of sp³-hybridized carbons (Fsp3) is 0.200. The first-order valence-corrected chi connectivity index (χ1v) is 9.03. The van der Waals surface area contributed by atoms with Gasteiger partial charge in [0.05, 0.1) is 12.8 Å². The van der Waals surface area contributed by atoms with E-state index in [1.807, 2.05) is 13.0 Å². The first-order valence-electron chi connectivity index (χ1n) is 8.21. The SMILES string of the molecule is COc1ccc(C(=O)NCCc2sc(-c3cccc(F)c3)nc2C)cc1. The van der Waals surface area contributed by atoms with Crippen LogP contribution in [0.4, 0.5) is 4.39 Å². The molecule has 0 bridgehead atoms. The summed E-state index contributed by atoms with van der Waals surface area (Å²) in [6, 6.07) is 13.4. The minimum absolute atomic E-state index is 0.125. The van der Waals surface area contributed by atoms with Crippen LogP contribution in [0.25, 0.3) is 10.6 Å². The third kappa shape index (κ3) is 4.26. The molecular formula is C20H19FN2O2S. The molecule has 3 rings (SSSR count). The number of amides is 1. The van der Waals surface area contributed by atoms with Gasteiger partial charge in [0.25, 0.3) is 5.91 Å². The summed E-state index contributed by atoms with van der Waals surface area (Å²) in [5.41, 5.74) is 2.27. The van der Waals surface area contributed by atoms with Gasteiger partial charge in [-0.1, -0.05) is 12.1 Å². The van der Waals surface area contributed by atoms with E-state index >= 15 is 0 Å². The molecule has 0 unspecified atom stereocenters. The van der Waals surface area contributed by atoms with Crippen molar-refractivity contribution in [1.82, 2.24) is 10.3 Å². The summed E-state index contributed by atoms with van der Waals surface area (Å²) in [4.78, 5) is 17.8. The molecule has 26 heavy (non-hydrogen) atoms. The third-order valence-corrected chi connectivity index (χ3v) is 5.22. The van der Waals surface area contributed by atoms with Gasteiger partial charge < -0.3 is 10.1 Å². The van der Waals surface area contributed by atoms with Crippen molar-refractivity contribution in [3.63, 3.8) is 0 Å². The number of aryl methyl sites for hydroxylation is 1. The van der Waals surface area contributed by atoms with E-state index in [1.54, 1.807) is 37.4 Å². The third-order valence-electron chi connectivity index (χ3n) is 3.95. The number of hydrogen-bond donors (Lipinski definition) is 1. The average Bonchev–Trinajstić information content (AvgIpc) is 3.02. The molecule has 2 aromatic carbocycles. The Morgan fingerprint density at radius 1 is 1.23 bits per heavy atom. The van der Waals surface area contributed by atoms with Gasteiger partial charge in [0, 0.05) is 29.0 Å². The molecule has 0 aliphatic carbocycles. The molecule has 0 aliphatic rings. The van der Waals surface area contributed by atoms with E-state index in [2.05, 4.69) is 10.3 Å². The molecule has 134 valence electrons. The standard InChI is InChI=1S/C20H19FN2O2S/c1-13-18(26-20(23-13)15-4-3-5-16(21)12-15)10-11-22-19(24)14-6-8-17(25-2)9-7-14/h3-9,12H,10-11H2,1-2H3,(H,22,24). The molecule has 1 heterocycles. The van der Waals surface area contributed by atoms with Crippen LogP contribution in [0.1, 0.15) is 20.9 Å². The zero-order chi connectivity index (χ0) is 18.5. The van der Waals surface area contributed by atoms with Crippen LogP contribution in [0.3, 0.4) is 0 Å². The topological polar surface area (TPSA) is 51.2 Å². The van der Waals surface area contributed by atoms with E-state index < -0.39 is 0 Å². The van der Waals surface area contributed by atoms with E-state index in [1.165, 1.54) is 23.5 Å². The second kappa shape index (κ2) is 8.10. The van der Waals surface area contributed by atoms with Crippen LogP contribution in [0, 0.1) is 12.7 Å². The molecule has 0 radical (unpaired) electrons. The summed E-state index contributed by atoms with van der Waals surface area (Å²) in [5, 5.41) is 3.70. The fourth-order valence-corrected chi connectivity index (χ4v) is 3.60. The van der Waals surface area contributed by atoms with Crippen LogP contribution < -0.4 is 10.1 Å². The van der Waals surface area contributed by atoms with Gasteiger partial charge in [0.1, 0.15) is 16.6 Å². The Hall–Kier alpha value is -2.73. The van der Waals surface area contributed by atoms with Crippen LogP contribution in [0.15, 0.2) is 48.5 Å². The van der Waals surface area contributed by atoms with E-state index in [-0.39, 0.29) is 11.7 Å². The summed E-state index contributed by atoms with van der Waals surface area (Å²) in [7, 11) is 1.59. The number of aromatic nitrogens is 1. The molecule has 0 fully saturated rings. The number of carbonyl (C=O) groups excluding carboxylic acids is 1. The quantitative estimate of drug-likeness (QED) is 0.706. The molecule has 4 nitrogen and oxygen atoms in total. The lowest BCUT2D eigenvalue weighted by Gasteiger charge is -2.05. The van der Waals surface area contributed by atoms with Gasteiger partial charge in [-0.3, -0.25) is 4.79 Å². The van der Waals surface area contributed by atoms with Crippen molar-refractivity contribution < 1.29 is 13.9 Å². The number of hydrogen-bond acceptors (Lipinski definition) is 4. The lowest BCUT2D eigenvalue weighted by Crippen LogP contribution is -2.25. The number of methoxy groups -OCH3 is 1. The van der Waals surface area contributed by atoms with Crippen LogP contribution in [-0.2, 0) is 6.42 Å². The normalized spacial score (nSPS) is 10.6. The van der Waals surface area contributed by atoms with Gasteiger partial charge in [0.2, 0.25) is 0 Å².